The minimum absolute atomic E-state index is 0.297. The van der Waals surface area contributed by atoms with Crippen LogP contribution >= 0.6 is 0 Å². The van der Waals surface area contributed by atoms with Crippen molar-refractivity contribution in [2.24, 2.45) is 0 Å². The zero-order valence-corrected chi connectivity index (χ0v) is 12.8. The summed E-state index contributed by atoms with van der Waals surface area (Å²) in [6.07, 6.45) is 17.2. The SMILES string of the molecule is CCCCC(O)C=CC=CCCCCCCCC(=O)O. The van der Waals surface area contributed by atoms with Crippen molar-refractivity contribution in [3.63, 3.8) is 0 Å². The van der Waals surface area contributed by atoms with E-state index in [1.807, 2.05) is 18.2 Å². The number of unbranched alkanes of at least 4 members (excludes halogenated alkanes) is 6. The predicted molar refractivity (Wildman–Crippen MR) is 83.8 cm³/mol. The highest BCUT2D eigenvalue weighted by Crippen LogP contribution is 2.07. The van der Waals surface area contributed by atoms with Gasteiger partial charge >= 0.3 is 5.97 Å². The predicted octanol–water partition coefficient (Wildman–Crippen LogP) is 4.47. The van der Waals surface area contributed by atoms with Crippen molar-refractivity contribution in [1.82, 2.24) is 0 Å². The number of carboxylic acids is 1. The standard InChI is InChI=1S/C17H30O3/c1-2-3-13-16(18)14-11-9-7-5-4-6-8-10-12-15-17(19)20/h7,9,11,14,16,18H,2-6,8,10,12-13,15H2,1H3,(H,19,20). The Labute approximate surface area is 123 Å². The Morgan fingerprint density at radius 2 is 1.75 bits per heavy atom. The van der Waals surface area contributed by atoms with Crippen LogP contribution in [-0.2, 0) is 4.79 Å². The maximum Gasteiger partial charge on any atom is 0.303 e. The summed E-state index contributed by atoms with van der Waals surface area (Å²) in [6, 6.07) is 0. The smallest absolute Gasteiger partial charge is 0.303 e. The van der Waals surface area contributed by atoms with Gasteiger partial charge < -0.3 is 10.2 Å². The van der Waals surface area contributed by atoms with Crippen molar-refractivity contribution in [2.75, 3.05) is 0 Å². The second-order valence-corrected chi connectivity index (χ2v) is 5.22. The highest BCUT2D eigenvalue weighted by atomic mass is 16.4. The summed E-state index contributed by atoms with van der Waals surface area (Å²) in [4.78, 5) is 10.3. The van der Waals surface area contributed by atoms with E-state index in [9.17, 15) is 9.90 Å². The molecule has 0 aromatic rings. The summed E-state index contributed by atoms with van der Waals surface area (Å²) >= 11 is 0. The summed E-state index contributed by atoms with van der Waals surface area (Å²) in [5, 5.41) is 18.1. The molecule has 0 aliphatic carbocycles. The molecule has 0 saturated heterocycles. The molecule has 3 nitrogen and oxygen atoms in total. The minimum atomic E-state index is -0.694. The second-order valence-electron chi connectivity index (χ2n) is 5.22. The van der Waals surface area contributed by atoms with Crippen LogP contribution in [0.25, 0.3) is 0 Å². The molecular weight excluding hydrogens is 252 g/mol. The van der Waals surface area contributed by atoms with E-state index in [4.69, 9.17) is 5.11 Å². The van der Waals surface area contributed by atoms with Crippen molar-refractivity contribution < 1.29 is 15.0 Å². The van der Waals surface area contributed by atoms with Crippen molar-refractivity contribution in [3.05, 3.63) is 24.3 Å². The van der Waals surface area contributed by atoms with Crippen LogP contribution in [0.5, 0.6) is 0 Å². The van der Waals surface area contributed by atoms with Gasteiger partial charge in [0.05, 0.1) is 6.10 Å². The molecule has 0 amide bonds. The van der Waals surface area contributed by atoms with E-state index in [0.717, 1.165) is 57.8 Å². The molecular formula is C17H30O3. The Hall–Kier alpha value is -1.09. The number of aliphatic hydroxyl groups is 1. The molecule has 0 aliphatic rings. The molecule has 0 rings (SSSR count). The van der Waals surface area contributed by atoms with Crippen LogP contribution in [0.4, 0.5) is 0 Å². The van der Waals surface area contributed by atoms with Gasteiger partial charge in [-0.2, -0.15) is 0 Å². The Morgan fingerprint density at radius 1 is 1.05 bits per heavy atom. The maximum atomic E-state index is 10.3. The quantitative estimate of drug-likeness (QED) is 0.387. The molecule has 0 bridgehead atoms. The van der Waals surface area contributed by atoms with Crippen LogP contribution in [0, 0.1) is 0 Å². The number of allylic oxidation sites excluding steroid dienone is 3. The average molecular weight is 282 g/mol. The van der Waals surface area contributed by atoms with E-state index in [0.29, 0.717) is 6.42 Å². The monoisotopic (exact) mass is 282 g/mol. The molecule has 0 aromatic carbocycles. The lowest BCUT2D eigenvalue weighted by atomic mass is 10.1. The number of carbonyl (C=O) groups is 1. The number of hydrogen-bond acceptors (Lipinski definition) is 2. The number of aliphatic carboxylic acids is 1. The average Bonchev–Trinajstić information content (AvgIpc) is 2.42. The van der Waals surface area contributed by atoms with Gasteiger partial charge in [-0.25, -0.2) is 0 Å². The Kier molecular flexibility index (Phi) is 13.5. The first-order chi connectivity index (χ1) is 9.66. The number of rotatable bonds is 13. The molecule has 0 fully saturated rings. The van der Waals surface area contributed by atoms with Crippen LogP contribution in [0.2, 0.25) is 0 Å². The first-order valence-electron chi connectivity index (χ1n) is 7.90. The second kappa shape index (κ2) is 14.3. The zero-order chi connectivity index (χ0) is 15.1. The Bertz CT molecular complexity index is 282. The van der Waals surface area contributed by atoms with Crippen LogP contribution in [0.15, 0.2) is 24.3 Å². The van der Waals surface area contributed by atoms with E-state index in [2.05, 4.69) is 13.0 Å². The van der Waals surface area contributed by atoms with Crippen LogP contribution in [0.1, 0.15) is 71.1 Å². The summed E-state index contributed by atoms with van der Waals surface area (Å²) in [5.74, 6) is -0.694. The van der Waals surface area contributed by atoms with Crippen LogP contribution < -0.4 is 0 Å². The number of carboxylic acid groups (broad SMARTS) is 1. The van der Waals surface area contributed by atoms with E-state index in [-0.39, 0.29) is 6.10 Å². The first-order valence-corrected chi connectivity index (χ1v) is 7.90. The van der Waals surface area contributed by atoms with Crippen LogP contribution in [-0.4, -0.2) is 22.3 Å². The lowest BCUT2D eigenvalue weighted by Crippen LogP contribution is -2.00. The van der Waals surface area contributed by atoms with Gasteiger partial charge in [-0.3, -0.25) is 4.79 Å². The zero-order valence-electron chi connectivity index (χ0n) is 12.8. The largest absolute Gasteiger partial charge is 0.481 e. The van der Waals surface area contributed by atoms with E-state index in [1.165, 1.54) is 0 Å². The van der Waals surface area contributed by atoms with Crippen molar-refractivity contribution in [2.45, 2.75) is 77.2 Å². The number of aliphatic hydroxyl groups excluding tert-OH is 1. The summed E-state index contributed by atoms with van der Waals surface area (Å²) < 4.78 is 0. The third-order valence-electron chi connectivity index (χ3n) is 3.20. The fourth-order valence-electron chi connectivity index (χ4n) is 1.95. The molecule has 1 atom stereocenters. The topological polar surface area (TPSA) is 57.5 Å². The Morgan fingerprint density at radius 3 is 2.45 bits per heavy atom. The van der Waals surface area contributed by atoms with Crippen molar-refractivity contribution >= 4 is 5.97 Å². The van der Waals surface area contributed by atoms with Gasteiger partial charge in [0.15, 0.2) is 0 Å². The molecule has 1 unspecified atom stereocenters. The van der Waals surface area contributed by atoms with Crippen LogP contribution in [0.3, 0.4) is 0 Å². The molecule has 0 spiro atoms. The molecule has 116 valence electrons. The van der Waals surface area contributed by atoms with Gasteiger partial charge in [0.25, 0.3) is 0 Å². The van der Waals surface area contributed by atoms with Gasteiger partial charge in [0.1, 0.15) is 0 Å². The molecule has 0 saturated carbocycles. The van der Waals surface area contributed by atoms with E-state index < -0.39 is 5.97 Å². The van der Waals surface area contributed by atoms with Gasteiger partial charge in [0, 0.05) is 6.42 Å². The van der Waals surface area contributed by atoms with Crippen molar-refractivity contribution in [1.29, 1.82) is 0 Å². The lowest BCUT2D eigenvalue weighted by molar-refractivity contribution is -0.137. The van der Waals surface area contributed by atoms with Gasteiger partial charge in [-0.15, -0.1) is 0 Å². The van der Waals surface area contributed by atoms with Gasteiger partial charge in [0.2, 0.25) is 0 Å². The normalized spacial score (nSPS) is 13.3. The Balaban J connectivity index is 3.35. The highest BCUT2D eigenvalue weighted by molar-refractivity contribution is 5.66. The third-order valence-corrected chi connectivity index (χ3v) is 3.20. The van der Waals surface area contributed by atoms with E-state index >= 15 is 0 Å². The summed E-state index contributed by atoms with van der Waals surface area (Å²) in [6.45, 7) is 2.12. The van der Waals surface area contributed by atoms with Gasteiger partial charge in [-0.05, 0) is 25.7 Å². The fraction of sp³-hybridized carbons (Fsp3) is 0.706. The minimum Gasteiger partial charge on any atom is -0.481 e. The molecule has 20 heavy (non-hydrogen) atoms. The molecule has 2 N–H and O–H groups in total. The summed E-state index contributed by atoms with van der Waals surface area (Å²) in [7, 11) is 0. The maximum absolute atomic E-state index is 10.3. The molecule has 0 aromatic heterocycles. The molecule has 0 heterocycles. The molecule has 0 aliphatic heterocycles. The first kappa shape index (κ1) is 18.9. The molecule has 3 heteroatoms. The number of hydrogen-bond donors (Lipinski definition) is 2. The third kappa shape index (κ3) is 15.0. The van der Waals surface area contributed by atoms with Crippen molar-refractivity contribution in [3.8, 4) is 0 Å². The molecule has 0 radical (unpaired) electrons. The highest BCUT2D eigenvalue weighted by Gasteiger charge is 1.96. The summed E-state index contributed by atoms with van der Waals surface area (Å²) in [5.41, 5.74) is 0. The fourth-order valence-corrected chi connectivity index (χ4v) is 1.95. The van der Waals surface area contributed by atoms with E-state index in [1.54, 1.807) is 0 Å². The lowest BCUT2D eigenvalue weighted by Gasteiger charge is -2.01. The van der Waals surface area contributed by atoms with Gasteiger partial charge in [-0.1, -0.05) is 63.3 Å².